The van der Waals surface area contributed by atoms with E-state index in [1.54, 1.807) is 17.0 Å². The van der Waals surface area contributed by atoms with E-state index >= 15 is 0 Å². The lowest BCUT2D eigenvalue weighted by Crippen LogP contribution is -2.38. The fraction of sp³-hybridized carbons (Fsp3) is 0.350. The summed E-state index contributed by atoms with van der Waals surface area (Å²) in [6.45, 7) is 0.349. The highest BCUT2D eigenvalue weighted by Gasteiger charge is 2.29. The van der Waals surface area contributed by atoms with Crippen LogP contribution in [-0.2, 0) is 13.1 Å². The molecule has 0 atom stereocenters. The Kier molecular flexibility index (Phi) is 7.12. The van der Waals surface area contributed by atoms with Gasteiger partial charge < -0.3 is 10.6 Å². The van der Waals surface area contributed by atoms with E-state index < -0.39 is 11.6 Å². The minimum atomic E-state index is -0.616. The van der Waals surface area contributed by atoms with E-state index in [0.717, 1.165) is 31.2 Å². The van der Waals surface area contributed by atoms with Crippen LogP contribution in [0.15, 0.2) is 42.5 Å². The molecule has 0 aliphatic heterocycles. The van der Waals surface area contributed by atoms with Crippen molar-refractivity contribution < 1.29 is 13.6 Å². The molecule has 1 fully saturated rings. The molecule has 1 saturated carbocycles. The van der Waals surface area contributed by atoms with E-state index in [1.165, 1.54) is 18.2 Å². The van der Waals surface area contributed by atoms with Gasteiger partial charge in [-0.25, -0.2) is 8.78 Å². The van der Waals surface area contributed by atoms with Crippen LogP contribution in [0.5, 0.6) is 0 Å². The maximum Gasteiger partial charge on any atom is 0.254 e. The smallest absolute Gasteiger partial charge is 0.254 e. The zero-order valence-electron chi connectivity index (χ0n) is 14.5. The number of nitrogens with zero attached hydrogens (tertiary/aromatic N) is 1. The van der Waals surface area contributed by atoms with Gasteiger partial charge in [0.2, 0.25) is 0 Å². The van der Waals surface area contributed by atoms with Gasteiger partial charge in [-0.3, -0.25) is 4.79 Å². The number of nitrogens with two attached hydrogens (primary N) is 1. The molecule has 0 bridgehead atoms. The van der Waals surface area contributed by atoms with Crippen LogP contribution in [-0.4, -0.2) is 16.8 Å². The molecule has 0 radical (unpaired) electrons. The second-order valence-electron chi connectivity index (χ2n) is 6.47. The first-order valence-electron chi connectivity index (χ1n) is 8.63. The molecule has 1 aliphatic rings. The third-order valence-corrected chi connectivity index (χ3v) is 4.85. The summed E-state index contributed by atoms with van der Waals surface area (Å²) in [7, 11) is 0. The number of benzene rings is 2. The number of carbonyl (C=O) groups excluding carboxylic acids is 1. The molecule has 0 spiro atoms. The lowest BCUT2D eigenvalue weighted by molar-refractivity contribution is 0.0660. The highest BCUT2D eigenvalue weighted by atomic mass is 35.5. The SMILES string of the molecule is Cl.NCc1ccc(C(=O)N(Cc2c(F)cccc2F)C2CCCC2)cc1. The molecule has 0 aromatic heterocycles. The van der Waals surface area contributed by atoms with Crippen molar-refractivity contribution in [1.82, 2.24) is 4.90 Å². The van der Waals surface area contributed by atoms with Crippen molar-refractivity contribution in [1.29, 1.82) is 0 Å². The molecule has 1 amide bonds. The van der Waals surface area contributed by atoms with Crippen molar-refractivity contribution in [2.75, 3.05) is 0 Å². The third kappa shape index (κ3) is 4.40. The number of halogens is 3. The van der Waals surface area contributed by atoms with Gasteiger partial charge in [-0.2, -0.15) is 0 Å². The summed E-state index contributed by atoms with van der Waals surface area (Å²) >= 11 is 0. The van der Waals surface area contributed by atoms with Gasteiger partial charge in [-0.05, 0) is 42.7 Å². The largest absolute Gasteiger partial charge is 0.331 e. The van der Waals surface area contributed by atoms with Crippen molar-refractivity contribution in [3.63, 3.8) is 0 Å². The van der Waals surface area contributed by atoms with Crippen molar-refractivity contribution in [3.8, 4) is 0 Å². The average molecular weight is 381 g/mol. The number of carbonyl (C=O) groups is 1. The van der Waals surface area contributed by atoms with E-state index in [2.05, 4.69) is 0 Å². The summed E-state index contributed by atoms with van der Waals surface area (Å²) in [5.74, 6) is -1.43. The van der Waals surface area contributed by atoms with Crippen LogP contribution >= 0.6 is 12.4 Å². The predicted molar refractivity (Wildman–Crippen MR) is 100 cm³/mol. The van der Waals surface area contributed by atoms with Crippen LogP contribution < -0.4 is 5.73 Å². The minimum absolute atomic E-state index is 0. The average Bonchev–Trinajstić information content (AvgIpc) is 3.15. The monoisotopic (exact) mass is 380 g/mol. The summed E-state index contributed by atoms with van der Waals surface area (Å²) < 4.78 is 28.1. The highest BCUT2D eigenvalue weighted by molar-refractivity contribution is 5.94. The van der Waals surface area contributed by atoms with Crippen LogP contribution in [0.25, 0.3) is 0 Å². The summed E-state index contributed by atoms with van der Waals surface area (Å²) in [5.41, 5.74) is 6.99. The minimum Gasteiger partial charge on any atom is -0.331 e. The maximum atomic E-state index is 14.1. The molecule has 1 aliphatic carbocycles. The zero-order chi connectivity index (χ0) is 17.8. The normalized spacial score (nSPS) is 14.1. The quantitative estimate of drug-likeness (QED) is 0.834. The van der Waals surface area contributed by atoms with Crippen molar-refractivity contribution in [3.05, 3.63) is 70.8 Å². The Labute approximate surface area is 158 Å². The molecular formula is C20H23ClF2N2O. The molecule has 3 nitrogen and oxygen atoms in total. The van der Waals surface area contributed by atoms with E-state index in [0.29, 0.717) is 12.1 Å². The first kappa shape index (κ1) is 20.3. The van der Waals surface area contributed by atoms with Crippen molar-refractivity contribution in [2.45, 2.75) is 44.8 Å². The van der Waals surface area contributed by atoms with E-state index in [9.17, 15) is 13.6 Å². The Morgan fingerprint density at radius 3 is 2.15 bits per heavy atom. The maximum absolute atomic E-state index is 14.1. The van der Waals surface area contributed by atoms with Crippen LogP contribution in [0.1, 0.15) is 47.2 Å². The topological polar surface area (TPSA) is 46.3 Å². The van der Waals surface area contributed by atoms with Gasteiger partial charge in [-0.1, -0.05) is 31.0 Å². The molecular weight excluding hydrogens is 358 g/mol. The van der Waals surface area contributed by atoms with Gasteiger partial charge in [0.05, 0.1) is 6.54 Å². The third-order valence-electron chi connectivity index (χ3n) is 4.85. The van der Waals surface area contributed by atoms with Crippen LogP contribution in [0.3, 0.4) is 0 Å². The van der Waals surface area contributed by atoms with Gasteiger partial charge in [0.15, 0.2) is 0 Å². The van der Waals surface area contributed by atoms with Gasteiger partial charge >= 0.3 is 0 Å². The van der Waals surface area contributed by atoms with Crippen LogP contribution in [0, 0.1) is 11.6 Å². The fourth-order valence-corrected chi connectivity index (χ4v) is 3.39. The zero-order valence-corrected chi connectivity index (χ0v) is 15.3. The van der Waals surface area contributed by atoms with Crippen molar-refractivity contribution in [2.24, 2.45) is 5.73 Å². The molecule has 2 aromatic carbocycles. The predicted octanol–water partition coefficient (Wildman–Crippen LogP) is 4.43. The second-order valence-corrected chi connectivity index (χ2v) is 6.47. The molecule has 0 unspecified atom stereocenters. The molecule has 6 heteroatoms. The number of amides is 1. The summed E-state index contributed by atoms with van der Waals surface area (Å²) in [6, 6.07) is 10.9. The number of rotatable bonds is 5. The Balaban J connectivity index is 0.00000243. The van der Waals surface area contributed by atoms with Gasteiger partial charge in [-0.15, -0.1) is 12.4 Å². The summed E-state index contributed by atoms with van der Waals surface area (Å²) in [6.07, 6.45) is 3.78. The van der Waals surface area contributed by atoms with Gasteiger partial charge in [0.1, 0.15) is 11.6 Å². The van der Waals surface area contributed by atoms with Gasteiger partial charge in [0.25, 0.3) is 5.91 Å². The van der Waals surface area contributed by atoms with E-state index in [1.807, 2.05) is 12.1 Å². The molecule has 0 saturated heterocycles. The molecule has 140 valence electrons. The molecule has 2 N–H and O–H groups in total. The van der Waals surface area contributed by atoms with Gasteiger partial charge in [0, 0.05) is 23.7 Å². The fourth-order valence-electron chi connectivity index (χ4n) is 3.39. The standard InChI is InChI=1S/C20H22F2N2O.ClH/c21-18-6-3-7-19(22)17(18)13-24(16-4-1-2-5-16)20(25)15-10-8-14(12-23)9-11-15;/h3,6-11,16H,1-2,4-5,12-13,23H2;1H. The number of hydrogen-bond donors (Lipinski definition) is 1. The van der Waals surface area contributed by atoms with Crippen molar-refractivity contribution >= 4 is 18.3 Å². The Hall–Kier alpha value is -1.98. The summed E-state index contributed by atoms with van der Waals surface area (Å²) in [4.78, 5) is 14.6. The Morgan fingerprint density at radius 2 is 1.62 bits per heavy atom. The summed E-state index contributed by atoms with van der Waals surface area (Å²) in [5, 5.41) is 0. The lowest BCUT2D eigenvalue weighted by Gasteiger charge is -2.29. The molecule has 3 rings (SSSR count). The lowest BCUT2D eigenvalue weighted by atomic mass is 10.1. The Bertz CT molecular complexity index is 726. The first-order valence-corrected chi connectivity index (χ1v) is 8.63. The Morgan fingerprint density at radius 1 is 1.04 bits per heavy atom. The second kappa shape index (κ2) is 9.10. The first-order chi connectivity index (χ1) is 12.1. The van der Waals surface area contributed by atoms with E-state index in [4.69, 9.17) is 5.73 Å². The van der Waals surface area contributed by atoms with Crippen LogP contribution in [0.4, 0.5) is 8.78 Å². The van der Waals surface area contributed by atoms with Crippen LogP contribution in [0.2, 0.25) is 0 Å². The van der Waals surface area contributed by atoms with E-state index in [-0.39, 0.29) is 36.5 Å². The molecule has 0 heterocycles. The highest BCUT2D eigenvalue weighted by Crippen LogP contribution is 2.28. The molecule has 26 heavy (non-hydrogen) atoms. The number of hydrogen-bond acceptors (Lipinski definition) is 2. The molecule has 2 aromatic rings.